The topological polar surface area (TPSA) is 29.6 Å². The van der Waals surface area contributed by atoms with E-state index in [2.05, 4.69) is 0 Å². The van der Waals surface area contributed by atoms with Crippen LogP contribution in [0, 0.1) is 23.7 Å². The standard InChI is InChI=1S/C12H16O2/c13-6-11-12(14-11)9-2-7-1-8(4-9)5-10(12)3-7/h6-11H,1-5H2. The molecule has 2 heteroatoms. The number of ether oxygens (including phenoxy) is 1. The third-order valence-electron chi connectivity index (χ3n) is 5.26. The highest BCUT2D eigenvalue weighted by molar-refractivity contribution is 5.63. The van der Waals surface area contributed by atoms with Crippen LogP contribution in [-0.2, 0) is 9.53 Å². The van der Waals surface area contributed by atoms with E-state index in [1.165, 1.54) is 32.1 Å². The van der Waals surface area contributed by atoms with Crippen molar-refractivity contribution in [3.8, 4) is 0 Å². The first-order valence-electron chi connectivity index (χ1n) is 5.96. The predicted molar refractivity (Wildman–Crippen MR) is 50.7 cm³/mol. The zero-order valence-corrected chi connectivity index (χ0v) is 8.32. The van der Waals surface area contributed by atoms with Gasteiger partial charge in [-0.25, -0.2) is 0 Å². The second kappa shape index (κ2) is 2.24. The number of hydrogen-bond donors (Lipinski definition) is 0. The summed E-state index contributed by atoms with van der Waals surface area (Å²) >= 11 is 0. The molecule has 0 radical (unpaired) electrons. The Labute approximate surface area is 84.0 Å². The Morgan fingerprint density at radius 1 is 1.00 bits per heavy atom. The molecule has 5 fully saturated rings. The predicted octanol–water partition coefficient (Wildman–Crippen LogP) is 1.78. The zero-order valence-electron chi connectivity index (χ0n) is 8.32. The van der Waals surface area contributed by atoms with Crippen LogP contribution in [0.15, 0.2) is 0 Å². The maximum Gasteiger partial charge on any atom is 0.151 e. The van der Waals surface area contributed by atoms with Crippen LogP contribution in [0.5, 0.6) is 0 Å². The summed E-state index contributed by atoms with van der Waals surface area (Å²) in [5, 5.41) is 0. The quantitative estimate of drug-likeness (QED) is 0.468. The van der Waals surface area contributed by atoms with Gasteiger partial charge in [-0.05, 0) is 55.8 Å². The van der Waals surface area contributed by atoms with Crippen LogP contribution in [-0.4, -0.2) is 18.0 Å². The van der Waals surface area contributed by atoms with E-state index < -0.39 is 0 Å². The van der Waals surface area contributed by atoms with Gasteiger partial charge in [-0.15, -0.1) is 0 Å². The fraction of sp³-hybridized carbons (Fsp3) is 0.917. The van der Waals surface area contributed by atoms with Crippen molar-refractivity contribution in [3.05, 3.63) is 0 Å². The lowest BCUT2D eigenvalue weighted by atomic mass is 9.51. The van der Waals surface area contributed by atoms with Crippen molar-refractivity contribution in [2.45, 2.75) is 43.8 Å². The minimum atomic E-state index is -0.0301. The number of carbonyl (C=O) groups excluding carboxylic acids is 1. The van der Waals surface area contributed by atoms with Crippen LogP contribution in [0.1, 0.15) is 32.1 Å². The van der Waals surface area contributed by atoms with Crippen molar-refractivity contribution in [2.24, 2.45) is 23.7 Å². The van der Waals surface area contributed by atoms with Gasteiger partial charge in [0.25, 0.3) is 0 Å². The van der Waals surface area contributed by atoms with Crippen molar-refractivity contribution in [3.63, 3.8) is 0 Å². The normalized spacial score (nSPS) is 63.3. The number of rotatable bonds is 1. The molecule has 4 saturated carbocycles. The van der Waals surface area contributed by atoms with Crippen molar-refractivity contribution < 1.29 is 9.53 Å². The molecule has 1 aliphatic heterocycles. The minimum Gasteiger partial charge on any atom is -0.357 e. The van der Waals surface area contributed by atoms with Gasteiger partial charge in [-0.1, -0.05) is 0 Å². The maximum absolute atomic E-state index is 10.8. The SMILES string of the molecule is O=CC1OC12C1CC3CC(C1)CC2C3. The molecule has 1 atom stereocenters. The summed E-state index contributed by atoms with van der Waals surface area (Å²) in [6.45, 7) is 0. The van der Waals surface area contributed by atoms with E-state index in [1.54, 1.807) is 0 Å². The summed E-state index contributed by atoms with van der Waals surface area (Å²) in [6, 6.07) is 0. The smallest absolute Gasteiger partial charge is 0.151 e. The van der Waals surface area contributed by atoms with Gasteiger partial charge in [-0.2, -0.15) is 0 Å². The molecular formula is C12H16O2. The number of epoxide rings is 1. The number of hydrogen-bond acceptors (Lipinski definition) is 2. The Morgan fingerprint density at radius 3 is 2.00 bits per heavy atom. The zero-order chi connectivity index (χ0) is 9.34. The highest BCUT2D eigenvalue weighted by Gasteiger charge is 2.70. The monoisotopic (exact) mass is 192 g/mol. The Balaban J connectivity index is 1.72. The molecular weight excluding hydrogens is 176 g/mol. The molecule has 0 aromatic carbocycles. The van der Waals surface area contributed by atoms with Gasteiger partial charge < -0.3 is 9.53 Å². The molecule has 5 aliphatic rings. The van der Waals surface area contributed by atoms with Gasteiger partial charge in [0.2, 0.25) is 0 Å². The number of carbonyl (C=O) groups is 1. The largest absolute Gasteiger partial charge is 0.357 e. The van der Waals surface area contributed by atoms with Crippen LogP contribution in [0.25, 0.3) is 0 Å². The van der Waals surface area contributed by atoms with Crippen molar-refractivity contribution >= 4 is 6.29 Å². The Kier molecular flexibility index (Phi) is 1.26. The number of aldehydes is 1. The van der Waals surface area contributed by atoms with E-state index in [1.807, 2.05) is 0 Å². The first-order valence-corrected chi connectivity index (χ1v) is 5.96. The molecule has 76 valence electrons. The van der Waals surface area contributed by atoms with E-state index in [9.17, 15) is 4.79 Å². The maximum atomic E-state index is 10.8. The average Bonchev–Trinajstić information content (AvgIpc) is 2.89. The van der Waals surface area contributed by atoms with Crippen LogP contribution in [0.2, 0.25) is 0 Å². The van der Waals surface area contributed by atoms with Crippen LogP contribution < -0.4 is 0 Å². The third-order valence-corrected chi connectivity index (χ3v) is 5.26. The summed E-state index contributed by atoms with van der Waals surface area (Å²) in [6.07, 6.45) is 7.86. The molecule has 1 saturated heterocycles. The molecule has 0 amide bonds. The molecule has 5 rings (SSSR count). The summed E-state index contributed by atoms with van der Waals surface area (Å²) in [5.74, 6) is 3.40. The lowest BCUT2D eigenvalue weighted by molar-refractivity contribution is -0.109. The van der Waals surface area contributed by atoms with Crippen molar-refractivity contribution in [1.82, 2.24) is 0 Å². The fourth-order valence-corrected chi connectivity index (χ4v) is 4.90. The van der Waals surface area contributed by atoms with Gasteiger partial charge in [0, 0.05) is 0 Å². The van der Waals surface area contributed by atoms with Gasteiger partial charge in [0.15, 0.2) is 6.29 Å². The highest BCUT2D eigenvalue weighted by Crippen LogP contribution is 2.66. The average molecular weight is 192 g/mol. The van der Waals surface area contributed by atoms with E-state index in [4.69, 9.17) is 4.74 Å². The van der Waals surface area contributed by atoms with Gasteiger partial charge >= 0.3 is 0 Å². The van der Waals surface area contributed by atoms with Gasteiger partial charge in [-0.3, -0.25) is 0 Å². The summed E-state index contributed by atoms with van der Waals surface area (Å²) in [5.41, 5.74) is 0.0508. The fourth-order valence-electron chi connectivity index (χ4n) is 4.90. The van der Waals surface area contributed by atoms with E-state index in [0.29, 0.717) is 0 Å². The third kappa shape index (κ3) is 0.723. The molecule has 0 aromatic heterocycles. The lowest BCUT2D eigenvalue weighted by Gasteiger charge is -2.53. The molecule has 0 N–H and O–H groups in total. The van der Waals surface area contributed by atoms with E-state index in [0.717, 1.165) is 30.0 Å². The van der Waals surface area contributed by atoms with Crippen molar-refractivity contribution in [2.75, 3.05) is 0 Å². The molecule has 1 unspecified atom stereocenters. The summed E-state index contributed by atoms with van der Waals surface area (Å²) < 4.78 is 5.76. The Bertz CT molecular complexity index is 269. The molecule has 0 aromatic rings. The molecule has 1 heterocycles. The van der Waals surface area contributed by atoms with Crippen LogP contribution >= 0.6 is 0 Å². The molecule has 1 spiro atoms. The minimum absolute atomic E-state index is 0.0301. The summed E-state index contributed by atoms with van der Waals surface area (Å²) in [4.78, 5) is 10.8. The first kappa shape index (κ1) is 7.86. The summed E-state index contributed by atoms with van der Waals surface area (Å²) in [7, 11) is 0. The van der Waals surface area contributed by atoms with Gasteiger partial charge in [0.05, 0.1) is 0 Å². The van der Waals surface area contributed by atoms with Crippen molar-refractivity contribution in [1.29, 1.82) is 0 Å². The molecule has 14 heavy (non-hydrogen) atoms. The second-order valence-electron chi connectivity index (χ2n) is 5.83. The van der Waals surface area contributed by atoms with Crippen LogP contribution in [0.4, 0.5) is 0 Å². The second-order valence-corrected chi connectivity index (χ2v) is 5.83. The highest BCUT2D eigenvalue weighted by atomic mass is 16.6. The Hall–Kier alpha value is -0.370. The van der Waals surface area contributed by atoms with E-state index >= 15 is 0 Å². The molecule has 2 nitrogen and oxygen atoms in total. The molecule has 4 bridgehead atoms. The lowest BCUT2D eigenvalue weighted by Crippen LogP contribution is -2.52. The Morgan fingerprint density at radius 2 is 1.57 bits per heavy atom. The van der Waals surface area contributed by atoms with Crippen LogP contribution in [0.3, 0.4) is 0 Å². The van der Waals surface area contributed by atoms with E-state index in [-0.39, 0.29) is 11.7 Å². The van der Waals surface area contributed by atoms with Gasteiger partial charge in [0.1, 0.15) is 11.7 Å². The molecule has 4 aliphatic carbocycles. The first-order chi connectivity index (χ1) is 6.83.